The summed E-state index contributed by atoms with van der Waals surface area (Å²) in [5.74, 6) is 1.16. The predicted octanol–water partition coefficient (Wildman–Crippen LogP) is 2.69. The third kappa shape index (κ3) is 4.70. The summed E-state index contributed by atoms with van der Waals surface area (Å²) in [6, 6.07) is 14.8. The molecule has 0 saturated heterocycles. The highest BCUT2D eigenvalue weighted by Crippen LogP contribution is 2.36. The minimum absolute atomic E-state index is 0.132. The van der Waals surface area contributed by atoms with Crippen molar-refractivity contribution in [2.45, 2.75) is 16.6 Å². The first kappa shape index (κ1) is 18.1. The molecule has 2 N–H and O–H groups in total. The number of rotatable bonds is 7. The van der Waals surface area contributed by atoms with Gasteiger partial charge in [0.25, 0.3) is 0 Å². The largest absolute Gasteiger partial charge is 0.497 e. The van der Waals surface area contributed by atoms with Crippen LogP contribution in [0.4, 0.5) is 5.69 Å². The monoisotopic (exact) mass is 372 g/mol. The van der Waals surface area contributed by atoms with E-state index in [2.05, 4.69) is 10.6 Å². The third-order valence-corrected chi connectivity index (χ3v) is 5.10. The number of hydrogen-bond acceptors (Lipinski definition) is 5. The highest BCUT2D eigenvalue weighted by atomic mass is 32.2. The van der Waals surface area contributed by atoms with E-state index in [0.29, 0.717) is 18.9 Å². The van der Waals surface area contributed by atoms with E-state index < -0.39 is 5.25 Å². The van der Waals surface area contributed by atoms with Crippen molar-refractivity contribution in [1.29, 1.82) is 0 Å². The van der Waals surface area contributed by atoms with Crippen molar-refractivity contribution in [2.24, 2.45) is 0 Å². The number of fused-ring (bicyclic) bond motifs is 1. The standard InChI is InChI=1S/C19H20N2O4S/c1-24-13-6-8-14(9-7-13)25-11-10-20-18(22)12-17-19(23)21-15-4-2-3-5-16(15)26-17/h2-9,17H,10-12H2,1H3,(H,20,22)(H,21,23)/t17-/m1/s1. The molecule has 0 unspecified atom stereocenters. The van der Waals surface area contributed by atoms with Gasteiger partial charge in [-0.05, 0) is 36.4 Å². The summed E-state index contributed by atoms with van der Waals surface area (Å²) in [5.41, 5.74) is 0.798. The van der Waals surface area contributed by atoms with Crippen LogP contribution in [-0.4, -0.2) is 37.3 Å². The van der Waals surface area contributed by atoms with Crippen LogP contribution in [0.25, 0.3) is 0 Å². The Hall–Kier alpha value is -2.67. The SMILES string of the molecule is COc1ccc(OCCNC(=O)C[C@H]2Sc3ccccc3NC2=O)cc1. The van der Waals surface area contributed by atoms with Gasteiger partial charge in [-0.3, -0.25) is 9.59 Å². The molecule has 2 amide bonds. The number of amides is 2. The zero-order chi connectivity index (χ0) is 18.4. The van der Waals surface area contributed by atoms with Crippen LogP contribution in [0.3, 0.4) is 0 Å². The summed E-state index contributed by atoms with van der Waals surface area (Å²) in [6.45, 7) is 0.728. The lowest BCUT2D eigenvalue weighted by molar-refractivity contribution is -0.124. The number of carbonyl (C=O) groups excluding carboxylic acids is 2. The number of ether oxygens (including phenoxy) is 2. The fourth-order valence-electron chi connectivity index (χ4n) is 2.50. The average molecular weight is 372 g/mol. The first-order valence-corrected chi connectivity index (χ1v) is 9.14. The smallest absolute Gasteiger partial charge is 0.238 e. The lowest BCUT2D eigenvalue weighted by Crippen LogP contribution is -2.36. The van der Waals surface area contributed by atoms with Gasteiger partial charge in [0.1, 0.15) is 18.1 Å². The molecule has 1 aliphatic rings. The molecule has 1 aliphatic heterocycles. The van der Waals surface area contributed by atoms with E-state index in [4.69, 9.17) is 9.47 Å². The Balaban J connectivity index is 1.41. The van der Waals surface area contributed by atoms with Crippen LogP contribution in [0.1, 0.15) is 6.42 Å². The molecule has 0 aromatic heterocycles. The second-order valence-electron chi connectivity index (χ2n) is 5.67. The molecule has 6 nitrogen and oxygen atoms in total. The van der Waals surface area contributed by atoms with E-state index in [-0.39, 0.29) is 18.2 Å². The summed E-state index contributed by atoms with van der Waals surface area (Å²) >= 11 is 1.42. The van der Waals surface area contributed by atoms with Gasteiger partial charge >= 0.3 is 0 Å². The van der Waals surface area contributed by atoms with Crippen LogP contribution in [0.15, 0.2) is 53.4 Å². The predicted molar refractivity (Wildman–Crippen MR) is 101 cm³/mol. The van der Waals surface area contributed by atoms with Crippen LogP contribution < -0.4 is 20.1 Å². The molecule has 0 spiro atoms. The lowest BCUT2D eigenvalue weighted by atomic mass is 10.2. The molecule has 0 radical (unpaired) electrons. The van der Waals surface area contributed by atoms with Gasteiger partial charge in [0, 0.05) is 11.3 Å². The van der Waals surface area contributed by atoms with Gasteiger partial charge in [-0.15, -0.1) is 11.8 Å². The highest BCUT2D eigenvalue weighted by molar-refractivity contribution is 8.01. The molecule has 2 aromatic rings. The Labute approximate surface area is 156 Å². The number of hydrogen-bond donors (Lipinski definition) is 2. The number of carbonyl (C=O) groups is 2. The second kappa shape index (κ2) is 8.62. The lowest BCUT2D eigenvalue weighted by Gasteiger charge is -2.23. The zero-order valence-electron chi connectivity index (χ0n) is 14.4. The number of benzene rings is 2. The third-order valence-electron chi connectivity index (χ3n) is 3.83. The molecule has 26 heavy (non-hydrogen) atoms. The molecule has 2 aromatic carbocycles. The molecule has 1 heterocycles. The topological polar surface area (TPSA) is 76.7 Å². The summed E-state index contributed by atoms with van der Waals surface area (Å²) in [7, 11) is 1.61. The molecule has 0 aliphatic carbocycles. The van der Waals surface area contributed by atoms with Crippen molar-refractivity contribution in [3.63, 3.8) is 0 Å². The van der Waals surface area contributed by atoms with Crippen molar-refractivity contribution in [2.75, 3.05) is 25.6 Å². The molecule has 1 atom stereocenters. The van der Waals surface area contributed by atoms with Crippen molar-refractivity contribution in [1.82, 2.24) is 5.32 Å². The van der Waals surface area contributed by atoms with Gasteiger partial charge in [-0.2, -0.15) is 0 Å². The van der Waals surface area contributed by atoms with E-state index in [1.54, 1.807) is 19.2 Å². The Morgan fingerprint density at radius 1 is 1.15 bits per heavy atom. The Morgan fingerprint density at radius 3 is 2.65 bits per heavy atom. The van der Waals surface area contributed by atoms with Crippen LogP contribution in [-0.2, 0) is 9.59 Å². The number of nitrogens with one attached hydrogen (secondary N) is 2. The molecular weight excluding hydrogens is 352 g/mol. The fourth-order valence-corrected chi connectivity index (χ4v) is 3.61. The first-order chi connectivity index (χ1) is 12.7. The number of para-hydroxylation sites is 1. The van der Waals surface area contributed by atoms with Crippen LogP contribution in [0.5, 0.6) is 11.5 Å². The van der Waals surface area contributed by atoms with Crippen molar-refractivity contribution in [3.05, 3.63) is 48.5 Å². The summed E-state index contributed by atoms with van der Waals surface area (Å²) in [6.07, 6.45) is 0.132. The number of methoxy groups -OCH3 is 1. The maximum Gasteiger partial charge on any atom is 0.238 e. The molecule has 0 fully saturated rings. The van der Waals surface area contributed by atoms with Crippen LogP contribution >= 0.6 is 11.8 Å². The summed E-state index contributed by atoms with van der Waals surface area (Å²) < 4.78 is 10.6. The van der Waals surface area contributed by atoms with E-state index in [0.717, 1.165) is 16.3 Å². The van der Waals surface area contributed by atoms with Gasteiger partial charge in [-0.1, -0.05) is 12.1 Å². The zero-order valence-corrected chi connectivity index (χ0v) is 15.2. The van der Waals surface area contributed by atoms with Crippen LogP contribution in [0, 0.1) is 0 Å². The van der Waals surface area contributed by atoms with Crippen molar-refractivity contribution in [3.8, 4) is 11.5 Å². The Kier molecular flexibility index (Phi) is 6.01. The molecular formula is C19H20N2O4S. The minimum Gasteiger partial charge on any atom is -0.497 e. The van der Waals surface area contributed by atoms with E-state index in [1.165, 1.54) is 11.8 Å². The van der Waals surface area contributed by atoms with Gasteiger partial charge in [-0.25, -0.2) is 0 Å². The minimum atomic E-state index is -0.424. The maximum atomic E-state index is 12.1. The quantitative estimate of drug-likeness (QED) is 0.731. The molecule has 7 heteroatoms. The maximum absolute atomic E-state index is 12.1. The summed E-state index contributed by atoms with van der Waals surface area (Å²) in [5, 5.41) is 5.20. The normalized spacial score (nSPS) is 15.6. The van der Waals surface area contributed by atoms with Crippen molar-refractivity contribution >= 4 is 29.3 Å². The summed E-state index contributed by atoms with van der Waals surface area (Å²) in [4.78, 5) is 25.2. The number of thioether (sulfide) groups is 1. The van der Waals surface area contributed by atoms with Gasteiger partial charge < -0.3 is 20.1 Å². The van der Waals surface area contributed by atoms with E-state index >= 15 is 0 Å². The average Bonchev–Trinajstić information content (AvgIpc) is 2.66. The highest BCUT2D eigenvalue weighted by Gasteiger charge is 2.28. The molecule has 136 valence electrons. The van der Waals surface area contributed by atoms with Crippen molar-refractivity contribution < 1.29 is 19.1 Å². The van der Waals surface area contributed by atoms with Gasteiger partial charge in [0.15, 0.2) is 0 Å². The Morgan fingerprint density at radius 2 is 1.88 bits per heavy atom. The number of anilines is 1. The van der Waals surface area contributed by atoms with Gasteiger partial charge in [0.05, 0.1) is 24.6 Å². The van der Waals surface area contributed by atoms with E-state index in [1.807, 2.05) is 36.4 Å². The van der Waals surface area contributed by atoms with Crippen LogP contribution in [0.2, 0.25) is 0 Å². The Bertz CT molecular complexity index is 779. The second-order valence-corrected chi connectivity index (χ2v) is 6.91. The molecule has 0 bridgehead atoms. The van der Waals surface area contributed by atoms with Gasteiger partial charge in [0.2, 0.25) is 11.8 Å². The van der Waals surface area contributed by atoms with E-state index in [9.17, 15) is 9.59 Å². The first-order valence-electron chi connectivity index (χ1n) is 8.26. The fraction of sp³-hybridized carbons (Fsp3) is 0.263. The molecule has 3 rings (SSSR count). The molecule has 0 saturated carbocycles.